The van der Waals surface area contributed by atoms with Crippen LogP contribution in [0.3, 0.4) is 0 Å². The summed E-state index contributed by atoms with van der Waals surface area (Å²) >= 11 is 0. The SMILES string of the molecule is Cl.O=[N+]([O-])c1ccc2oc(OCC3CCCNC3)nc2c1. The molecule has 0 radical (unpaired) electrons. The van der Waals surface area contributed by atoms with Crippen LogP contribution in [0, 0.1) is 16.0 Å². The van der Waals surface area contributed by atoms with E-state index in [-0.39, 0.29) is 24.2 Å². The van der Waals surface area contributed by atoms with Gasteiger partial charge in [-0.05, 0) is 25.5 Å². The van der Waals surface area contributed by atoms with E-state index in [4.69, 9.17) is 9.15 Å². The second kappa shape index (κ2) is 6.73. The van der Waals surface area contributed by atoms with Crippen LogP contribution in [0.5, 0.6) is 6.08 Å². The van der Waals surface area contributed by atoms with Gasteiger partial charge in [-0.1, -0.05) is 0 Å². The number of halogens is 1. The van der Waals surface area contributed by atoms with Crippen molar-refractivity contribution in [1.29, 1.82) is 0 Å². The summed E-state index contributed by atoms with van der Waals surface area (Å²) in [7, 11) is 0. The molecule has 21 heavy (non-hydrogen) atoms. The van der Waals surface area contributed by atoms with E-state index in [0.29, 0.717) is 23.6 Å². The fraction of sp³-hybridized carbons (Fsp3) is 0.462. The number of nitrogens with one attached hydrogen (secondary N) is 1. The highest BCUT2D eigenvalue weighted by atomic mass is 35.5. The van der Waals surface area contributed by atoms with Crippen LogP contribution in [0.25, 0.3) is 11.1 Å². The quantitative estimate of drug-likeness (QED) is 0.689. The highest BCUT2D eigenvalue weighted by molar-refractivity contribution is 5.85. The highest BCUT2D eigenvalue weighted by Crippen LogP contribution is 2.25. The molecule has 1 atom stereocenters. The number of hydrogen-bond acceptors (Lipinski definition) is 6. The molecule has 3 rings (SSSR count). The van der Waals surface area contributed by atoms with Crippen LogP contribution in [0.1, 0.15) is 12.8 Å². The molecule has 1 fully saturated rings. The Hall–Kier alpha value is -1.86. The van der Waals surface area contributed by atoms with Crippen molar-refractivity contribution in [2.45, 2.75) is 12.8 Å². The predicted octanol–water partition coefficient (Wildman–Crippen LogP) is 2.54. The number of rotatable bonds is 4. The van der Waals surface area contributed by atoms with E-state index in [1.807, 2.05) is 0 Å². The Kier molecular flexibility index (Phi) is 4.98. The Bertz CT molecular complexity index is 625. The minimum atomic E-state index is -0.456. The lowest BCUT2D eigenvalue weighted by molar-refractivity contribution is -0.384. The van der Waals surface area contributed by atoms with E-state index in [1.165, 1.54) is 18.2 Å². The van der Waals surface area contributed by atoms with Crippen LogP contribution in [-0.4, -0.2) is 29.6 Å². The standard InChI is InChI=1S/C13H15N3O4.ClH/c17-16(18)10-3-4-12-11(6-10)15-13(20-12)19-8-9-2-1-5-14-7-9;/h3-4,6,9,14H,1-2,5,7-8H2;1H. The molecule has 114 valence electrons. The van der Waals surface area contributed by atoms with Crippen molar-refractivity contribution in [2.75, 3.05) is 19.7 Å². The number of oxazole rings is 1. The number of nitrogens with zero attached hydrogens (tertiary/aromatic N) is 2. The molecular weight excluding hydrogens is 298 g/mol. The van der Waals surface area contributed by atoms with Crippen molar-refractivity contribution in [2.24, 2.45) is 5.92 Å². The van der Waals surface area contributed by atoms with Gasteiger partial charge in [-0.25, -0.2) is 0 Å². The lowest BCUT2D eigenvalue weighted by Crippen LogP contribution is -2.33. The zero-order valence-corrected chi connectivity index (χ0v) is 12.1. The Balaban J connectivity index is 0.00000161. The van der Waals surface area contributed by atoms with Gasteiger partial charge in [0.05, 0.1) is 11.5 Å². The van der Waals surface area contributed by atoms with Crippen LogP contribution in [-0.2, 0) is 0 Å². The molecule has 1 aromatic heterocycles. The normalized spacial score (nSPS) is 18.2. The molecule has 1 aliphatic rings. The van der Waals surface area contributed by atoms with E-state index in [9.17, 15) is 10.1 Å². The first kappa shape index (κ1) is 15.5. The number of piperidine rings is 1. The van der Waals surface area contributed by atoms with Crippen LogP contribution in [0.15, 0.2) is 22.6 Å². The van der Waals surface area contributed by atoms with Crippen molar-refractivity contribution in [3.8, 4) is 6.08 Å². The summed E-state index contributed by atoms with van der Waals surface area (Å²) in [4.78, 5) is 14.4. The van der Waals surface area contributed by atoms with Crippen molar-refractivity contribution >= 4 is 29.2 Å². The molecule has 7 nitrogen and oxygen atoms in total. The number of benzene rings is 1. The number of hydrogen-bond donors (Lipinski definition) is 1. The Morgan fingerprint density at radius 1 is 1.52 bits per heavy atom. The van der Waals surface area contributed by atoms with E-state index in [2.05, 4.69) is 10.3 Å². The third-order valence-corrected chi connectivity index (χ3v) is 3.40. The molecule has 0 spiro atoms. The number of aromatic nitrogens is 1. The first-order valence-corrected chi connectivity index (χ1v) is 6.61. The van der Waals surface area contributed by atoms with Gasteiger partial charge in [0, 0.05) is 24.6 Å². The zero-order valence-electron chi connectivity index (χ0n) is 11.3. The van der Waals surface area contributed by atoms with Gasteiger partial charge in [0.1, 0.15) is 5.52 Å². The van der Waals surface area contributed by atoms with Crippen LogP contribution in [0.4, 0.5) is 5.69 Å². The summed E-state index contributed by atoms with van der Waals surface area (Å²) in [6.45, 7) is 2.54. The van der Waals surface area contributed by atoms with E-state index in [0.717, 1.165) is 25.9 Å². The van der Waals surface area contributed by atoms with Gasteiger partial charge >= 0.3 is 6.08 Å². The van der Waals surface area contributed by atoms with E-state index < -0.39 is 4.92 Å². The number of nitro groups is 1. The van der Waals surface area contributed by atoms with Crippen LogP contribution >= 0.6 is 12.4 Å². The third-order valence-electron chi connectivity index (χ3n) is 3.40. The fourth-order valence-corrected chi connectivity index (χ4v) is 2.33. The van der Waals surface area contributed by atoms with Gasteiger partial charge in [0.15, 0.2) is 5.58 Å². The molecular formula is C13H16ClN3O4. The minimum Gasteiger partial charge on any atom is -0.450 e. The molecule has 1 aliphatic heterocycles. The molecule has 1 unspecified atom stereocenters. The second-order valence-corrected chi connectivity index (χ2v) is 4.91. The first-order valence-electron chi connectivity index (χ1n) is 6.61. The van der Waals surface area contributed by atoms with Gasteiger partial charge in [0.2, 0.25) is 0 Å². The average molecular weight is 314 g/mol. The van der Waals surface area contributed by atoms with Crippen molar-refractivity contribution in [3.05, 3.63) is 28.3 Å². The maximum Gasteiger partial charge on any atom is 0.394 e. The summed E-state index contributed by atoms with van der Waals surface area (Å²) in [5, 5.41) is 14.0. The lowest BCUT2D eigenvalue weighted by atomic mass is 10.0. The maximum absolute atomic E-state index is 10.7. The monoisotopic (exact) mass is 313 g/mol. The average Bonchev–Trinajstić information content (AvgIpc) is 2.88. The van der Waals surface area contributed by atoms with E-state index >= 15 is 0 Å². The van der Waals surface area contributed by atoms with Crippen LogP contribution < -0.4 is 10.1 Å². The molecule has 1 N–H and O–H groups in total. The molecule has 1 aromatic carbocycles. The van der Waals surface area contributed by atoms with Gasteiger partial charge in [-0.3, -0.25) is 10.1 Å². The van der Waals surface area contributed by atoms with Gasteiger partial charge in [0.25, 0.3) is 5.69 Å². The number of non-ortho nitro benzene ring substituents is 1. The van der Waals surface area contributed by atoms with Gasteiger partial charge < -0.3 is 14.5 Å². The third kappa shape index (κ3) is 3.62. The molecule has 0 amide bonds. The van der Waals surface area contributed by atoms with E-state index in [1.54, 1.807) is 0 Å². The molecule has 8 heteroatoms. The lowest BCUT2D eigenvalue weighted by Gasteiger charge is -2.21. The molecule has 1 saturated heterocycles. The molecule has 2 aromatic rings. The largest absolute Gasteiger partial charge is 0.450 e. The number of fused-ring (bicyclic) bond motifs is 1. The summed E-state index contributed by atoms with van der Waals surface area (Å²) in [6, 6.07) is 4.31. The van der Waals surface area contributed by atoms with Gasteiger partial charge in [-0.2, -0.15) is 4.98 Å². The topological polar surface area (TPSA) is 90.4 Å². The number of ether oxygens (including phenoxy) is 1. The van der Waals surface area contributed by atoms with Crippen molar-refractivity contribution in [3.63, 3.8) is 0 Å². The summed E-state index contributed by atoms with van der Waals surface area (Å²) in [5.41, 5.74) is 0.928. The Labute approximate surface area is 127 Å². The first-order chi connectivity index (χ1) is 9.72. The Morgan fingerprint density at radius 2 is 2.38 bits per heavy atom. The molecule has 2 heterocycles. The number of nitro benzene ring substituents is 1. The van der Waals surface area contributed by atoms with Gasteiger partial charge in [-0.15, -0.1) is 12.4 Å². The molecule has 0 bridgehead atoms. The van der Waals surface area contributed by atoms with Crippen molar-refractivity contribution in [1.82, 2.24) is 10.3 Å². The summed E-state index contributed by atoms with van der Waals surface area (Å²) < 4.78 is 11.0. The summed E-state index contributed by atoms with van der Waals surface area (Å²) in [5.74, 6) is 0.452. The highest BCUT2D eigenvalue weighted by Gasteiger charge is 2.16. The predicted molar refractivity (Wildman–Crippen MR) is 79.0 cm³/mol. The minimum absolute atomic E-state index is 0. The summed E-state index contributed by atoms with van der Waals surface area (Å²) in [6.07, 6.45) is 2.44. The molecule has 0 saturated carbocycles. The van der Waals surface area contributed by atoms with Crippen molar-refractivity contribution < 1.29 is 14.1 Å². The smallest absolute Gasteiger partial charge is 0.394 e. The maximum atomic E-state index is 10.7. The fourth-order valence-electron chi connectivity index (χ4n) is 2.33. The second-order valence-electron chi connectivity index (χ2n) is 4.91. The van der Waals surface area contributed by atoms with Crippen LogP contribution in [0.2, 0.25) is 0 Å². The Morgan fingerprint density at radius 3 is 3.10 bits per heavy atom. The zero-order chi connectivity index (χ0) is 13.9. The molecule has 0 aliphatic carbocycles.